The van der Waals surface area contributed by atoms with Crippen LogP contribution in [0.2, 0.25) is 0 Å². The molecule has 0 atom stereocenters. The van der Waals surface area contributed by atoms with E-state index in [-0.39, 0.29) is 0 Å². The summed E-state index contributed by atoms with van der Waals surface area (Å²) in [6.45, 7) is 4.19. The van der Waals surface area contributed by atoms with Gasteiger partial charge in [0.05, 0.1) is 30.9 Å². The second-order valence-electron chi connectivity index (χ2n) is 9.42. The first-order valence-corrected chi connectivity index (χ1v) is 12.7. The van der Waals surface area contributed by atoms with E-state index in [1.807, 2.05) is 62.6 Å². The first kappa shape index (κ1) is 24.1. The summed E-state index contributed by atoms with van der Waals surface area (Å²) in [6.07, 6.45) is 0.910. The lowest BCUT2D eigenvalue weighted by molar-refractivity contribution is 0.122. The minimum absolute atomic E-state index is 0.428. The summed E-state index contributed by atoms with van der Waals surface area (Å²) in [6, 6.07) is 15.8. The number of benzene rings is 1. The van der Waals surface area contributed by atoms with Crippen molar-refractivity contribution in [2.45, 2.75) is 6.42 Å². The molecule has 11 heteroatoms. The highest BCUT2D eigenvalue weighted by atomic mass is 16.5. The molecule has 6 rings (SSSR count). The normalized spacial score (nSPS) is 14.0. The van der Waals surface area contributed by atoms with Crippen molar-refractivity contribution in [3.05, 3.63) is 48.5 Å². The maximum Gasteiger partial charge on any atom is 0.232 e. The van der Waals surface area contributed by atoms with Gasteiger partial charge >= 0.3 is 0 Å². The molecule has 1 fully saturated rings. The summed E-state index contributed by atoms with van der Waals surface area (Å²) >= 11 is 0. The molecule has 4 aromatic heterocycles. The van der Waals surface area contributed by atoms with Gasteiger partial charge in [-0.05, 0) is 32.1 Å². The fourth-order valence-electron chi connectivity index (χ4n) is 4.44. The number of aromatic nitrogens is 5. The van der Waals surface area contributed by atoms with Crippen LogP contribution in [0.1, 0.15) is 6.42 Å². The molecule has 11 nitrogen and oxygen atoms in total. The maximum absolute atomic E-state index is 6.23. The third-order valence-electron chi connectivity index (χ3n) is 6.35. The number of rotatable bonds is 9. The first-order chi connectivity index (χ1) is 18.6. The van der Waals surface area contributed by atoms with Crippen molar-refractivity contribution in [2.24, 2.45) is 0 Å². The number of furan rings is 1. The number of nitrogens with zero attached hydrogens (tertiary/aromatic N) is 6. The van der Waals surface area contributed by atoms with Gasteiger partial charge in [0, 0.05) is 31.8 Å². The summed E-state index contributed by atoms with van der Waals surface area (Å²) in [5, 5.41) is 11.5. The van der Waals surface area contributed by atoms with Gasteiger partial charge in [0.2, 0.25) is 17.5 Å². The average molecular weight is 515 g/mol. The number of anilines is 3. The highest BCUT2D eigenvalue weighted by molar-refractivity contribution is 6.05. The molecule has 0 aliphatic carbocycles. The molecule has 1 aliphatic rings. The van der Waals surface area contributed by atoms with Crippen molar-refractivity contribution < 1.29 is 13.9 Å². The molecular formula is C27H30N8O3. The predicted molar refractivity (Wildman–Crippen MR) is 146 cm³/mol. The van der Waals surface area contributed by atoms with Gasteiger partial charge in [-0.15, -0.1) is 0 Å². The zero-order valence-electron chi connectivity index (χ0n) is 21.5. The number of aromatic amines is 1. The summed E-state index contributed by atoms with van der Waals surface area (Å²) in [4.78, 5) is 18.5. The molecule has 0 saturated carbocycles. The average Bonchev–Trinajstić information content (AvgIpc) is 3.56. The topological polar surface area (TPSA) is 117 Å². The van der Waals surface area contributed by atoms with E-state index >= 15 is 0 Å². The van der Waals surface area contributed by atoms with Crippen molar-refractivity contribution in [2.75, 3.05) is 63.8 Å². The lowest BCUT2D eigenvalue weighted by Gasteiger charge is -2.27. The van der Waals surface area contributed by atoms with Gasteiger partial charge in [-0.3, -0.25) is 5.10 Å². The number of H-pyrrole nitrogens is 1. The molecule has 196 valence electrons. The van der Waals surface area contributed by atoms with Gasteiger partial charge in [-0.25, -0.2) is 4.98 Å². The third-order valence-corrected chi connectivity index (χ3v) is 6.35. The molecule has 1 saturated heterocycles. The van der Waals surface area contributed by atoms with Crippen molar-refractivity contribution in [3.8, 4) is 17.1 Å². The number of morpholine rings is 1. The van der Waals surface area contributed by atoms with E-state index in [1.165, 1.54) is 0 Å². The fraction of sp³-hybridized carbons (Fsp3) is 0.333. The van der Waals surface area contributed by atoms with Gasteiger partial charge < -0.3 is 29.0 Å². The van der Waals surface area contributed by atoms with Gasteiger partial charge in [-0.2, -0.15) is 15.1 Å². The van der Waals surface area contributed by atoms with Gasteiger partial charge in [0.15, 0.2) is 17.2 Å². The van der Waals surface area contributed by atoms with Crippen LogP contribution in [0.25, 0.3) is 33.5 Å². The van der Waals surface area contributed by atoms with Crippen molar-refractivity contribution in [1.29, 1.82) is 0 Å². The van der Waals surface area contributed by atoms with Crippen LogP contribution in [0.3, 0.4) is 0 Å². The Bertz CT molecular complexity index is 1530. The van der Waals surface area contributed by atoms with Crippen molar-refractivity contribution in [1.82, 2.24) is 30.0 Å². The smallest absolute Gasteiger partial charge is 0.232 e. The highest BCUT2D eigenvalue weighted by Gasteiger charge is 2.23. The number of hydrogen-bond donors (Lipinski definition) is 2. The minimum atomic E-state index is 0.428. The van der Waals surface area contributed by atoms with E-state index in [1.54, 1.807) is 0 Å². The second-order valence-corrected chi connectivity index (χ2v) is 9.42. The molecular weight excluding hydrogens is 484 g/mol. The first-order valence-electron chi connectivity index (χ1n) is 12.7. The van der Waals surface area contributed by atoms with E-state index < -0.39 is 0 Å². The lowest BCUT2D eigenvalue weighted by Crippen LogP contribution is -2.37. The van der Waals surface area contributed by atoms with E-state index in [4.69, 9.17) is 23.9 Å². The Morgan fingerprint density at radius 1 is 1.05 bits per heavy atom. The van der Waals surface area contributed by atoms with Crippen LogP contribution in [0.15, 0.2) is 52.9 Å². The second kappa shape index (κ2) is 10.6. The van der Waals surface area contributed by atoms with Crippen LogP contribution in [0.4, 0.5) is 17.6 Å². The number of ether oxygens (including phenoxy) is 2. The summed E-state index contributed by atoms with van der Waals surface area (Å²) in [5.41, 5.74) is 3.70. The van der Waals surface area contributed by atoms with Crippen LogP contribution >= 0.6 is 0 Å². The Morgan fingerprint density at radius 2 is 1.89 bits per heavy atom. The predicted octanol–water partition coefficient (Wildman–Crippen LogP) is 4.07. The maximum atomic E-state index is 6.23. The van der Waals surface area contributed by atoms with Crippen LogP contribution in [0.5, 0.6) is 5.88 Å². The van der Waals surface area contributed by atoms with E-state index in [2.05, 4.69) is 30.3 Å². The molecule has 2 N–H and O–H groups in total. The third kappa shape index (κ3) is 5.11. The lowest BCUT2D eigenvalue weighted by atomic mass is 10.2. The van der Waals surface area contributed by atoms with E-state index in [0.717, 1.165) is 29.6 Å². The number of fused-ring (bicyclic) bond motifs is 3. The van der Waals surface area contributed by atoms with Gasteiger partial charge in [0.1, 0.15) is 5.52 Å². The molecule has 38 heavy (non-hydrogen) atoms. The summed E-state index contributed by atoms with van der Waals surface area (Å²) in [7, 11) is 4.09. The number of nitrogens with one attached hydrogen (secondary N) is 2. The van der Waals surface area contributed by atoms with E-state index in [9.17, 15) is 0 Å². The van der Waals surface area contributed by atoms with Gasteiger partial charge in [0.25, 0.3) is 0 Å². The largest absolute Gasteiger partial charge is 0.478 e. The molecule has 1 aromatic carbocycles. The SMILES string of the molecule is CN(C)CCCOc1ccc2c(n1)oc1c(N3CCOCC3)nc(Nc3cc(-c4ccccc4)[nH]n3)nc12. The zero-order valence-corrected chi connectivity index (χ0v) is 21.5. The minimum Gasteiger partial charge on any atom is -0.478 e. The monoisotopic (exact) mass is 514 g/mol. The van der Waals surface area contributed by atoms with Gasteiger partial charge in [-0.1, -0.05) is 30.3 Å². The number of pyridine rings is 1. The molecule has 0 radical (unpaired) electrons. The Morgan fingerprint density at radius 3 is 2.71 bits per heavy atom. The summed E-state index contributed by atoms with van der Waals surface area (Å²) < 4.78 is 17.7. The quantitative estimate of drug-likeness (QED) is 0.279. The molecule has 5 aromatic rings. The number of hydrogen-bond acceptors (Lipinski definition) is 10. The molecule has 1 aliphatic heterocycles. The highest BCUT2D eigenvalue weighted by Crippen LogP contribution is 2.35. The molecule has 5 heterocycles. The summed E-state index contributed by atoms with van der Waals surface area (Å²) in [5.74, 6) is 2.28. The van der Waals surface area contributed by atoms with Crippen LogP contribution < -0.4 is 15.0 Å². The Balaban J connectivity index is 1.33. The molecule has 0 bridgehead atoms. The molecule has 0 unspecified atom stereocenters. The van der Waals surface area contributed by atoms with Crippen LogP contribution in [-0.4, -0.2) is 83.6 Å². The van der Waals surface area contributed by atoms with Crippen molar-refractivity contribution >= 4 is 39.8 Å². The van der Waals surface area contributed by atoms with Crippen LogP contribution in [-0.2, 0) is 4.74 Å². The zero-order chi connectivity index (χ0) is 25.9. The Labute approximate surface area is 219 Å². The standard InChI is InChI=1S/C27H30N8O3/c1-34(2)11-6-14-37-22-10-9-19-23-24(38-26(19)29-22)25(35-12-15-36-16-13-35)31-27(30-23)28-21-17-20(32-33-21)18-7-4-3-5-8-18/h3-5,7-10,17H,6,11-16H2,1-2H3,(H2,28,30,31,32,33). The van der Waals surface area contributed by atoms with Crippen molar-refractivity contribution in [3.63, 3.8) is 0 Å². The van der Waals surface area contributed by atoms with Crippen LogP contribution in [0, 0.1) is 0 Å². The Kier molecular flexibility index (Phi) is 6.76. The molecule has 0 amide bonds. The molecule has 0 spiro atoms. The fourth-order valence-corrected chi connectivity index (χ4v) is 4.44. The van der Waals surface area contributed by atoms with E-state index in [0.29, 0.717) is 73.2 Å². The Hall–Kier alpha value is -4.22.